The Morgan fingerprint density at radius 2 is 1.94 bits per heavy atom. The number of piperazine rings is 1. The van der Waals surface area contributed by atoms with Crippen LogP contribution in [0.4, 0.5) is 17.3 Å². The number of methoxy groups -OCH3 is 1. The van der Waals surface area contributed by atoms with Crippen molar-refractivity contribution in [2.24, 2.45) is 0 Å². The predicted molar refractivity (Wildman–Crippen MR) is 140 cm³/mol. The van der Waals surface area contributed by atoms with E-state index >= 15 is 0 Å². The van der Waals surface area contributed by atoms with Gasteiger partial charge in [0.05, 0.1) is 36.7 Å². The van der Waals surface area contributed by atoms with Crippen molar-refractivity contribution in [2.75, 3.05) is 57.1 Å². The molecule has 0 saturated carbocycles. The smallest absolute Gasteiger partial charge is 0.236 e. The van der Waals surface area contributed by atoms with E-state index in [1.807, 2.05) is 65.3 Å². The molecule has 1 saturated heterocycles. The van der Waals surface area contributed by atoms with Gasteiger partial charge < -0.3 is 25.2 Å². The lowest BCUT2D eigenvalue weighted by atomic mass is 10.1. The van der Waals surface area contributed by atoms with Gasteiger partial charge in [-0.2, -0.15) is 5.10 Å². The number of carbonyl (C=O) groups excluding carboxylic acids is 1. The summed E-state index contributed by atoms with van der Waals surface area (Å²) in [6, 6.07) is 12.0. The Balaban J connectivity index is 1.34. The number of likely N-dealkylation sites (N-methyl/N-ethyl adjacent to an activating group) is 1. The standard InChI is InChI=1S/C26H30N8O2/c1-18-15-28-26(31-25(18)20-16-29-34-9-5-4-6-22(20)34)30-21-8-7-19(14-23(21)36-3)32-10-12-33(13-11-32)24(35)17-27-2/h4-9,14-16,27H,10-13,17H2,1-3H3,(H,28,30,31). The zero-order valence-electron chi connectivity index (χ0n) is 20.7. The third-order valence-corrected chi connectivity index (χ3v) is 6.41. The highest BCUT2D eigenvalue weighted by Gasteiger charge is 2.21. The van der Waals surface area contributed by atoms with Gasteiger partial charge in [0.25, 0.3) is 0 Å². The van der Waals surface area contributed by atoms with Gasteiger partial charge in [-0.15, -0.1) is 0 Å². The third kappa shape index (κ3) is 4.67. The van der Waals surface area contributed by atoms with Crippen LogP contribution in [0.5, 0.6) is 5.75 Å². The van der Waals surface area contributed by atoms with E-state index in [0.717, 1.165) is 46.8 Å². The maximum Gasteiger partial charge on any atom is 0.236 e. The number of pyridine rings is 1. The monoisotopic (exact) mass is 486 g/mol. The highest BCUT2D eigenvalue weighted by Crippen LogP contribution is 2.33. The first-order valence-corrected chi connectivity index (χ1v) is 12.0. The van der Waals surface area contributed by atoms with Crippen LogP contribution in [0, 0.1) is 6.92 Å². The van der Waals surface area contributed by atoms with Crippen LogP contribution in [0.2, 0.25) is 0 Å². The van der Waals surface area contributed by atoms with Crippen molar-refractivity contribution in [1.82, 2.24) is 29.8 Å². The summed E-state index contributed by atoms with van der Waals surface area (Å²) in [6.45, 7) is 5.31. The van der Waals surface area contributed by atoms with Gasteiger partial charge in [-0.25, -0.2) is 14.5 Å². The Kier molecular flexibility index (Phi) is 6.68. The summed E-state index contributed by atoms with van der Waals surface area (Å²) >= 11 is 0. The van der Waals surface area contributed by atoms with E-state index in [4.69, 9.17) is 9.72 Å². The van der Waals surface area contributed by atoms with E-state index in [0.29, 0.717) is 31.3 Å². The maximum absolute atomic E-state index is 12.1. The molecule has 0 spiro atoms. The quantitative estimate of drug-likeness (QED) is 0.411. The van der Waals surface area contributed by atoms with Gasteiger partial charge in [-0.3, -0.25) is 4.79 Å². The van der Waals surface area contributed by atoms with Gasteiger partial charge in [0.1, 0.15) is 5.75 Å². The number of aromatic nitrogens is 4. The van der Waals surface area contributed by atoms with Crippen molar-refractivity contribution >= 4 is 28.7 Å². The van der Waals surface area contributed by atoms with Crippen LogP contribution in [0.15, 0.2) is 55.0 Å². The van der Waals surface area contributed by atoms with E-state index < -0.39 is 0 Å². The van der Waals surface area contributed by atoms with Crippen molar-refractivity contribution in [3.8, 4) is 17.0 Å². The number of hydrogen-bond acceptors (Lipinski definition) is 8. The Labute approximate surface area is 209 Å². The largest absolute Gasteiger partial charge is 0.494 e. The van der Waals surface area contributed by atoms with E-state index in [2.05, 4.69) is 31.7 Å². The van der Waals surface area contributed by atoms with Gasteiger partial charge >= 0.3 is 0 Å². The fourth-order valence-electron chi connectivity index (χ4n) is 4.47. The molecule has 186 valence electrons. The zero-order valence-corrected chi connectivity index (χ0v) is 20.7. The van der Waals surface area contributed by atoms with Crippen molar-refractivity contribution < 1.29 is 9.53 Å². The number of anilines is 3. The molecular formula is C26H30N8O2. The molecule has 1 fully saturated rings. The summed E-state index contributed by atoms with van der Waals surface area (Å²) in [5.41, 5.74) is 5.56. The first kappa shape index (κ1) is 23.6. The molecule has 1 aromatic carbocycles. The predicted octanol–water partition coefficient (Wildman–Crippen LogP) is 2.72. The minimum atomic E-state index is 0.135. The second-order valence-corrected chi connectivity index (χ2v) is 8.72. The molecule has 0 atom stereocenters. The van der Waals surface area contributed by atoms with Crippen LogP contribution in [-0.4, -0.2) is 77.3 Å². The second-order valence-electron chi connectivity index (χ2n) is 8.72. The van der Waals surface area contributed by atoms with Crippen LogP contribution >= 0.6 is 0 Å². The van der Waals surface area contributed by atoms with Gasteiger partial charge in [-0.1, -0.05) is 6.07 Å². The molecule has 0 bridgehead atoms. The maximum atomic E-state index is 12.1. The molecule has 10 heteroatoms. The number of rotatable bonds is 7. The average Bonchev–Trinajstić information content (AvgIpc) is 3.34. The highest BCUT2D eigenvalue weighted by atomic mass is 16.5. The number of amides is 1. The Morgan fingerprint density at radius 3 is 2.72 bits per heavy atom. The van der Waals surface area contributed by atoms with Crippen LogP contribution in [-0.2, 0) is 4.79 Å². The Hall–Kier alpha value is -4.18. The minimum Gasteiger partial charge on any atom is -0.494 e. The van der Waals surface area contributed by atoms with Gasteiger partial charge in [0, 0.05) is 55.9 Å². The number of nitrogens with zero attached hydrogens (tertiary/aromatic N) is 6. The topological polar surface area (TPSA) is 99.9 Å². The normalized spacial score (nSPS) is 13.8. The number of ether oxygens (including phenoxy) is 1. The van der Waals surface area contributed by atoms with Crippen molar-refractivity contribution in [1.29, 1.82) is 0 Å². The number of nitrogens with one attached hydrogen (secondary N) is 2. The second kappa shape index (κ2) is 10.2. The summed E-state index contributed by atoms with van der Waals surface area (Å²) in [5.74, 6) is 1.31. The molecule has 4 aromatic rings. The fraction of sp³-hybridized carbons (Fsp3) is 0.308. The summed E-state index contributed by atoms with van der Waals surface area (Å²) in [5, 5.41) is 10.7. The molecule has 1 aliphatic rings. The minimum absolute atomic E-state index is 0.135. The van der Waals surface area contributed by atoms with E-state index in [1.54, 1.807) is 14.2 Å². The Bertz CT molecular complexity index is 1380. The van der Waals surface area contributed by atoms with Crippen LogP contribution in [0.1, 0.15) is 5.56 Å². The number of fused-ring (bicyclic) bond motifs is 1. The van der Waals surface area contributed by atoms with E-state index in [-0.39, 0.29) is 5.91 Å². The van der Waals surface area contributed by atoms with Crippen LogP contribution < -0.4 is 20.3 Å². The van der Waals surface area contributed by atoms with E-state index in [1.165, 1.54) is 0 Å². The fourth-order valence-corrected chi connectivity index (χ4v) is 4.47. The molecule has 1 aliphatic heterocycles. The number of benzene rings is 1. The highest BCUT2D eigenvalue weighted by molar-refractivity contribution is 5.80. The lowest BCUT2D eigenvalue weighted by molar-refractivity contribution is -0.130. The van der Waals surface area contributed by atoms with Crippen molar-refractivity contribution in [3.05, 3.63) is 60.6 Å². The first-order valence-electron chi connectivity index (χ1n) is 12.0. The summed E-state index contributed by atoms with van der Waals surface area (Å²) in [4.78, 5) is 25.6. The Morgan fingerprint density at radius 1 is 1.11 bits per heavy atom. The third-order valence-electron chi connectivity index (χ3n) is 6.41. The number of carbonyl (C=O) groups is 1. The molecule has 4 heterocycles. The number of aryl methyl sites for hydroxylation is 1. The summed E-state index contributed by atoms with van der Waals surface area (Å²) in [6.07, 6.45) is 5.56. The molecule has 10 nitrogen and oxygen atoms in total. The van der Waals surface area contributed by atoms with Crippen LogP contribution in [0.3, 0.4) is 0 Å². The lowest BCUT2D eigenvalue weighted by Crippen LogP contribution is -2.50. The first-order chi connectivity index (χ1) is 17.6. The molecule has 5 rings (SSSR count). The molecule has 36 heavy (non-hydrogen) atoms. The van der Waals surface area contributed by atoms with Gasteiger partial charge in [0.2, 0.25) is 11.9 Å². The molecule has 0 radical (unpaired) electrons. The average molecular weight is 487 g/mol. The summed E-state index contributed by atoms with van der Waals surface area (Å²) < 4.78 is 7.53. The van der Waals surface area contributed by atoms with E-state index in [9.17, 15) is 4.79 Å². The molecular weight excluding hydrogens is 456 g/mol. The molecule has 0 aliphatic carbocycles. The van der Waals surface area contributed by atoms with Gasteiger partial charge in [0.15, 0.2) is 0 Å². The van der Waals surface area contributed by atoms with Gasteiger partial charge in [-0.05, 0) is 43.8 Å². The molecule has 2 N–H and O–H groups in total. The zero-order chi connectivity index (χ0) is 25.1. The van der Waals surface area contributed by atoms with Crippen molar-refractivity contribution in [2.45, 2.75) is 6.92 Å². The number of hydrogen-bond donors (Lipinski definition) is 2. The lowest BCUT2D eigenvalue weighted by Gasteiger charge is -2.36. The summed E-state index contributed by atoms with van der Waals surface area (Å²) in [7, 11) is 3.44. The molecule has 1 amide bonds. The SMILES string of the molecule is CNCC(=O)N1CCN(c2ccc(Nc3ncc(C)c(-c4cnn5ccccc45)n3)c(OC)c2)CC1. The van der Waals surface area contributed by atoms with Crippen molar-refractivity contribution in [3.63, 3.8) is 0 Å². The molecule has 0 unspecified atom stereocenters. The molecule has 3 aromatic heterocycles. The van der Waals surface area contributed by atoms with Crippen LogP contribution in [0.25, 0.3) is 16.8 Å².